The Labute approximate surface area is 168 Å². The van der Waals surface area contributed by atoms with Crippen molar-refractivity contribution in [2.45, 2.75) is 25.8 Å². The zero-order valence-corrected chi connectivity index (χ0v) is 16.0. The first kappa shape index (κ1) is 20.9. The molecule has 1 aromatic carbocycles. The number of hydrogen-bond donors (Lipinski definition) is 2. The molecule has 1 amide bonds. The molecule has 0 spiro atoms. The third-order valence-corrected chi connectivity index (χ3v) is 4.74. The van der Waals surface area contributed by atoms with E-state index in [9.17, 15) is 23.1 Å². The molecule has 0 aliphatic carbocycles. The van der Waals surface area contributed by atoms with E-state index in [1.54, 1.807) is 11.4 Å². The quantitative estimate of drug-likeness (QED) is 0.597. The van der Waals surface area contributed by atoms with E-state index in [1.807, 2.05) is 13.0 Å². The topological polar surface area (TPSA) is 84.6 Å². The Morgan fingerprint density at radius 3 is 2.62 bits per heavy atom. The maximum absolute atomic E-state index is 12.2. The van der Waals surface area contributed by atoms with Crippen LogP contribution in [0.25, 0.3) is 10.8 Å². The van der Waals surface area contributed by atoms with Crippen molar-refractivity contribution < 1.29 is 32.2 Å². The van der Waals surface area contributed by atoms with Gasteiger partial charge in [0, 0.05) is 11.9 Å². The number of aromatic nitrogens is 1. The molecule has 0 aliphatic rings. The maximum atomic E-state index is 12.2. The van der Waals surface area contributed by atoms with Crippen LogP contribution < -0.4 is 10.1 Å². The van der Waals surface area contributed by atoms with Gasteiger partial charge < -0.3 is 19.6 Å². The van der Waals surface area contributed by atoms with Crippen molar-refractivity contribution in [3.8, 4) is 16.5 Å². The molecule has 6 nitrogen and oxygen atoms in total. The van der Waals surface area contributed by atoms with E-state index < -0.39 is 12.5 Å². The fourth-order valence-corrected chi connectivity index (χ4v) is 3.28. The summed E-state index contributed by atoms with van der Waals surface area (Å²) in [7, 11) is 0. The van der Waals surface area contributed by atoms with E-state index >= 15 is 0 Å². The van der Waals surface area contributed by atoms with E-state index in [-0.39, 0.29) is 24.6 Å². The van der Waals surface area contributed by atoms with Crippen LogP contribution in [0.2, 0.25) is 0 Å². The molecular weight excluding hydrogens is 409 g/mol. The SMILES string of the molecule is Cc1ccc(-c2nc(CC(=O)NCC(O)c3ccc(OC(F)(F)F)cc3)cs2)o1. The van der Waals surface area contributed by atoms with Crippen LogP contribution in [0, 0.1) is 6.92 Å². The number of alkyl halides is 3. The first-order valence-electron chi connectivity index (χ1n) is 8.51. The van der Waals surface area contributed by atoms with E-state index in [0.29, 0.717) is 22.0 Å². The molecule has 3 rings (SSSR count). The molecule has 1 unspecified atom stereocenters. The summed E-state index contributed by atoms with van der Waals surface area (Å²) in [6.45, 7) is 1.74. The minimum Gasteiger partial charge on any atom is -0.459 e. The number of aliphatic hydroxyl groups excluding tert-OH is 1. The van der Waals surface area contributed by atoms with Gasteiger partial charge in [-0.05, 0) is 36.8 Å². The first-order valence-corrected chi connectivity index (χ1v) is 9.39. The van der Waals surface area contributed by atoms with E-state index in [2.05, 4.69) is 15.0 Å². The predicted molar refractivity (Wildman–Crippen MR) is 99.4 cm³/mol. The fraction of sp³-hybridized carbons (Fsp3) is 0.263. The molecule has 2 aromatic heterocycles. The second-order valence-corrected chi connectivity index (χ2v) is 7.03. The average Bonchev–Trinajstić information content (AvgIpc) is 3.28. The van der Waals surface area contributed by atoms with Gasteiger partial charge in [0.1, 0.15) is 11.5 Å². The van der Waals surface area contributed by atoms with Crippen molar-refractivity contribution in [1.29, 1.82) is 0 Å². The molecule has 0 bridgehead atoms. The Bertz CT molecular complexity index is 966. The van der Waals surface area contributed by atoms with Crippen LogP contribution in [0.15, 0.2) is 46.2 Å². The fourth-order valence-electron chi connectivity index (χ4n) is 2.50. The lowest BCUT2D eigenvalue weighted by molar-refractivity contribution is -0.274. The van der Waals surface area contributed by atoms with Crippen molar-refractivity contribution in [2.24, 2.45) is 0 Å². The van der Waals surface area contributed by atoms with Crippen LogP contribution in [0.5, 0.6) is 5.75 Å². The largest absolute Gasteiger partial charge is 0.573 e. The number of aliphatic hydroxyl groups is 1. The van der Waals surface area contributed by atoms with Gasteiger partial charge in [0.15, 0.2) is 10.8 Å². The molecule has 0 saturated carbocycles. The predicted octanol–water partition coefficient (Wildman–Crippen LogP) is 4.00. The van der Waals surface area contributed by atoms with Gasteiger partial charge in [0.2, 0.25) is 5.91 Å². The Hall–Kier alpha value is -2.85. The van der Waals surface area contributed by atoms with Crippen LogP contribution in [-0.2, 0) is 11.2 Å². The number of thiazole rings is 1. The van der Waals surface area contributed by atoms with Crippen LogP contribution in [0.4, 0.5) is 13.2 Å². The van der Waals surface area contributed by atoms with Crippen LogP contribution in [0.3, 0.4) is 0 Å². The van der Waals surface area contributed by atoms with Gasteiger partial charge in [0.05, 0.1) is 18.2 Å². The molecule has 154 valence electrons. The number of halogens is 3. The summed E-state index contributed by atoms with van der Waals surface area (Å²) in [5, 5.41) is 15.1. The van der Waals surface area contributed by atoms with Crippen molar-refractivity contribution in [3.05, 3.63) is 58.8 Å². The Kier molecular flexibility index (Phi) is 6.23. The van der Waals surface area contributed by atoms with Gasteiger partial charge in [-0.3, -0.25) is 4.79 Å². The number of hydrogen-bond acceptors (Lipinski definition) is 6. The Morgan fingerprint density at radius 2 is 2.00 bits per heavy atom. The standard InChI is InChI=1S/C19H17F3N2O4S/c1-11-2-7-16(27-11)18-24-13(10-29-18)8-17(26)23-9-15(25)12-3-5-14(6-4-12)28-19(20,21)22/h2-7,10,15,25H,8-9H2,1H3,(H,23,26). The van der Waals surface area contributed by atoms with Crippen LogP contribution in [-0.4, -0.2) is 28.9 Å². The molecule has 0 aliphatic heterocycles. The Morgan fingerprint density at radius 1 is 1.28 bits per heavy atom. The van der Waals surface area contributed by atoms with E-state index in [0.717, 1.165) is 17.9 Å². The number of rotatable bonds is 7. The summed E-state index contributed by atoms with van der Waals surface area (Å²) < 4.78 is 45.7. The minimum atomic E-state index is -4.78. The molecule has 10 heteroatoms. The number of amides is 1. The molecule has 0 radical (unpaired) electrons. The van der Waals surface area contributed by atoms with Crippen LogP contribution >= 0.6 is 11.3 Å². The summed E-state index contributed by atoms with van der Waals surface area (Å²) in [6, 6.07) is 8.43. The zero-order chi connectivity index (χ0) is 21.0. The molecule has 3 aromatic rings. The minimum absolute atomic E-state index is 0.0290. The zero-order valence-electron chi connectivity index (χ0n) is 15.2. The number of aryl methyl sites for hydroxylation is 1. The normalized spacial score (nSPS) is 12.6. The van der Waals surface area contributed by atoms with Gasteiger partial charge in [-0.1, -0.05) is 12.1 Å². The summed E-state index contributed by atoms with van der Waals surface area (Å²) in [6.07, 6.45) is -5.82. The number of furan rings is 1. The highest BCUT2D eigenvalue weighted by Crippen LogP contribution is 2.26. The lowest BCUT2D eigenvalue weighted by atomic mass is 10.1. The number of carbonyl (C=O) groups excluding carboxylic acids is 1. The number of carbonyl (C=O) groups is 1. The maximum Gasteiger partial charge on any atom is 0.573 e. The number of nitrogens with zero attached hydrogens (tertiary/aromatic N) is 1. The van der Waals surface area contributed by atoms with Gasteiger partial charge >= 0.3 is 6.36 Å². The number of benzene rings is 1. The van der Waals surface area contributed by atoms with E-state index in [1.165, 1.54) is 23.5 Å². The van der Waals surface area contributed by atoms with Gasteiger partial charge in [-0.25, -0.2) is 4.98 Å². The monoisotopic (exact) mass is 426 g/mol. The van der Waals surface area contributed by atoms with E-state index in [4.69, 9.17) is 4.42 Å². The smallest absolute Gasteiger partial charge is 0.459 e. The lowest BCUT2D eigenvalue weighted by Gasteiger charge is -2.13. The molecular formula is C19H17F3N2O4S. The summed E-state index contributed by atoms with van der Waals surface area (Å²) in [5.74, 6) is 0.672. The molecule has 2 N–H and O–H groups in total. The second-order valence-electron chi connectivity index (χ2n) is 6.17. The average molecular weight is 426 g/mol. The highest BCUT2D eigenvalue weighted by molar-refractivity contribution is 7.13. The third-order valence-electron chi connectivity index (χ3n) is 3.84. The van der Waals surface area contributed by atoms with Crippen molar-refractivity contribution in [3.63, 3.8) is 0 Å². The van der Waals surface area contributed by atoms with Crippen LogP contribution in [0.1, 0.15) is 23.1 Å². The van der Waals surface area contributed by atoms with Crippen molar-refractivity contribution in [1.82, 2.24) is 10.3 Å². The second kappa shape index (κ2) is 8.66. The van der Waals surface area contributed by atoms with Gasteiger partial charge in [-0.2, -0.15) is 0 Å². The molecule has 0 saturated heterocycles. The number of ether oxygens (including phenoxy) is 1. The molecule has 1 atom stereocenters. The first-order chi connectivity index (χ1) is 13.7. The summed E-state index contributed by atoms with van der Waals surface area (Å²) in [5.41, 5.74) is 0.920. The summed E-state index contributed by atoms with van der Waals surface area (Å²) >= 11 is 1.36. The molecule has 0 fully saturated rings. The summed E-state index contributed by atoms with van der Waals surface area (Å²) in [4.78, 5) is 16.4. The highest BCUT2D eigenvalue weighted by atomic mass is 32.1. The lowest BCUT2D eigenvalue weighted by Crippen LogP contribution is -2.29. The van der Waals surface area contributed by atoms with Crippen molar-refractivity contribution in [2.75, 3.05) is 6.54 Å². The van der Waals surface area contributed by atoms with Gasteiger partial charge in [0.25, 0.3) is 0 Å². The Balaban J connectivity index is 1.49. The third kappa shape index (κ3) is 6.06. The molecule has 29 heavy (non-hydrogen) atoms. The highest BCUT2D eigenvalue weighted by Gasteiger charge is 2.31. The molecule has 2 heterocycles. The van der Waals surface area contributed by atoms with Gasteiger partial charge in [-0.15, -0.1) is 24.5 Å². The number of nitrogens with one attached hydrogen (secondary N) is 1. The van der Waals surface area contributed by atoms with Crippen molar-refractivity contribution >= 4 is 17.2 Å².